The van der Waals surface area contributed by atoms with Crippen LogP contribution in [0.3, 0.4) is 0 Å². The number of hydrogen-bond acceptors (Lipinski definition) is 7. The molecule has 0 aliphatic rings. The van der Waals surface area contributed by atoms with Crippen LogP contribution in [0.25, 0.3) is 10.9 Å². The Kier molecular flexibility index (Phi) is 5.16. The summed E-state index contributed by atoms with van der Waals surface area (Å²) >= 11 is 6.10. The van der Waals surface area contributed by atoms with E-state index in [1.807, 2.05) is 31.2 Å². The minimum atomic E-state index is -3.49. The van der Waals surface area contributed by atoms with Gasteiger partial charge in [-0.1, -0.05) is 36.7 Å². The predicted molar refractivity (Wildman–Crippen MR) is 115 cm³/mol. The molecule has 31 heavy (non-hydrogen) atoms. The molecule has 158 valence electrons. The fourth-order valence-electron chi connectivity index (χ4n) is 3.65. The normalized spacial score (nSPS) is 13.6. The van der Waals surface area contributed by atoms with Crippen molar-refractivity contribution < 1.29 is 12.9 Å². The van der Waals surface area contributed by atoms with Gasteiger partial charge in [-0.15, -0.1) is 0 Å². The van der Waals surface area contributed by atoms with Crippen LogP contribution in [0, 0.1) is 11.3 Å². The summed E-state index contributed by atoms with van der Waals surface area (Å²) in [6, 6.07) is 14.2. The number of anilines is 1. The molecule has 0 radical (unpaired) electrons. The van der Waals surface area contributed by atoms with E-state index in [-0.39, 0.29) is 11.7 Å². The van der Waals surface area contributed by atoms with Gasteiger partial charge in [0.1, 0.15) is 6.07 Å². The van der Waals surface area contributed by atoms with Gasteiger partial charge < -0.3 is 4.52 Å². The largest absolute Gasteiger partial charge is 0.335 e. The summed E-state index contributed by atoms with van der Waals surface area (Å²) in [4.78, 5) is 4.27. The second-order valence-corrected chi connectivity index (χ2v) is 9.11. The molecule has 1 atom stereocenters. The number of aromatic nitrogens is 4. The van der Waals surface area contributed by atoms with Crippen molar-refractivity contribution in [2.24, 2.45) is 0 Å². The maximum atomic E-state index is 11.8. The van der Waals surface area contributed by atoms with Crippen LogP contribution in [0.5, 0.6) is 0 Å². The van der Waals surface area contributed by atoms with E-state index in [9.17, 15) is 13.7 Å². The standard InChI is InChI=1S/C20H17ClN6O3S/c1-3-20(13-7-9-14(21)10-8-13,19-24-18(11-22)25-30-19)27-17-6-4-5-16(15(17)12-23-27)26-31(2,28)29/h4-10,12,26H,3H2,1-2H3. The zero-order valence-electron chi connectivity index (χ0n) is 16.6. The van der Waals surface area contributed by atoms with Crippen LogP contribution in [0.1, 0.15) is 30.6 Å². The number of fused-ring (bicyclic) bond motifs is 1. The maximum Gasteiger partial charge on any atom is 0.273 e. The van der Waals surface area contributed by atoms with Crippen molar-refractivity contribution in [2.45, 2.75) is 18.9 Å². The summed E-state index contributed by atoms with van der Waals surface area (Å²) < 4.78 is 33.3. The van der Waals surface area contributed by atoms with Gasteiger partial charge >= 0.3 is 0 Å². The predicted octanol–water partition coefficient (Wildman–Crippen LogP) is 3.52. The van der Waals surface area contributed by atoms with Crippen molar-refractivity contribution >= 4 is 38.2 Å². The molecule has 0 fully saturated rings. The quantitative estimate of drug-likeness (QED) is 0.470. The highest BCUT2D eigenvalue weighted by molar-refractivity contribution is 7.92. The zero-order valence-corrected chi connectivity index (χ0v) is 18.1. The highest BCUT2D eigenvalue weighted by Gasteiger charge is 2.42. The van der Waals surface area contributed by atoms with Crippen molar-refractivity contribution in [1.82, 2.24) is 19.9 Å². The van der Waals surface area contributed by atoms with E-state index in [0.29, 0.717) is 28.0 Å². The minimum absolute atomic E-state index is 0.0994. The minimum Gasteiger partial charge on any atom is -0.335 e. The first-order valence-corrected chi connectivity index (χ1v) is 11.5. The van der Waals surface area contributed by atoms with Crippen LogP contribution in [0.15, 0.2) is 53.2 Å². The van der Waals surface area contributed by atoms with E-state index < -0.39 is 15.6 Å². The van der Waals surface area contributed by atoms with Crippen molar-refractivity contribution in [2.75, 3.05) is 11.0 Å². The molecule has 0 aliphatic carbocycles. The van der Waals surface area contributed by atoms with Crippen LogP contribution in [0.2, 0.25) is 5.02 Å². The number of nitrogens with zero attached hydrogens (tertiary/aromatic N) is 5. The van der Waals surface area contributed by atoms with Crippen molar-refractivity contribution in [3.8, 4) is 6.07 Å². The molecule has 2 aromatic heterocycles. The molecular formula is C20H17ClN6O3S. The lowest BCUT2D eigenvalue weighted by Gasteiger charge is -2.31. The molecule has 0 saturated heterocycles. The fraction of sp³-hybridized carbons (Fsp3) is 0.200. The number of halogens is 1. The lowest BCUT2D eigenvalue weighted by molar-refractivity contribution is 0.261. The third-order valence-electron chi connectivity index (χ3n) is 4.98. The summed E-state index contributed by atoms with van der Waals surface area (Å²) in [5.74, 6) is 0.0815. The molecule has 0 saturated carbocycles. The Bertz CT molecular complexity index is 1400. The van der Waals surface area contributed by atoms with Gasteiger partial charge in [-0.25, -0.2) is 13.1 Å². The molecular weight excluding hydrogens is 440 g/mol. The first-order valence-electron chi connectivity index (χ1n) is 9.24. The van der Waals surface area contributed by atoms with Gasteiger partial charge in [0.2, 0.25) is 10.0 Å². The molecule has 2 aromatic carbocycles. The first kappa shape index (κ1) is 20.8. The summed E-state index contributed by atoms with van der Waals surface area (Å²) in [6.45, 7) is 1.93. The molecule has 4 rings (SSSR count). The molecule has 11 heteroatoms. The van der Waals surface area contributed by atoms with Crippen LogP contribution in [0.4, 0.5) is 5.69 Å². The van der Waals surface area contributed by atoms with Gasteiger partial charge in [0.15, 0.2) is 5.54 Å². The fourth-order valence-corrected chi connectivity index (χ4v) is 4.35. The third-order valence-corrected chi connectivity index (χ3v) is 5.83. The van der Waals surface area contributed by atoms with E-state index in [0.717, 1.165) is 11.8 Å². The van der Waals surface area contributed by atoms with E-state index in [2.05, 4.69) is 20.0 Å². The zero-order chi connectivity index (χ0) is 22.2. The molecule has 4 aromatic rings. The van der Waals surface area contributed by atoms with E-state index in [1.54, 1.807) is 35.1 Å². The van der Waals surface area contributed by atoms with E-state index in [4.69, 9.17) is 16.1 Å². The van der Waals surface area contributed by atoms with Crippen molar-refractivity contribution in [3.05, 3.63) is 71.0 Å². The Labute approximate surface area is 183 Å². The average Bonchev–Trinajstić information content (AvgIpc) is 3.38. The highest BCUT2D eigenvalue weighted by Crippen LogP contribution is 2.39. The Morgan fingerprint density at radius 1 is 1.26 bits per heavy atom. The summed E-state index contributed by atoms with van der Waals surface area (Å²) in [6.07, 6.45) is 3.11. The SMILES string of the molecule is CCC(c1ccc(Cl)cc1)(c1nc(C#N)no1)n1ncc2c(NS(C)(=O)=O)cccc21. The van der Waals surface area contributed by atoms with Crippen LogP contribution >= 0.6 is 11.6 Å². The Morgan fingerprint density at radius 3 is 2.61 bits per heavy atom. The van der Waals surface area contributed by atoms with Gasteiger partial charge in [-0.3, -0.25) is 4.72 Å². The number of nitriles is 1. The van der Waals surface area contributed by atoms with Gasteiger partial charge in [-0.05, 0) is 41.4 Å². The number of hydrogen-bond donors (Lipinski definition) is 1. The molecule has 9 nitrogen and oxygen atoms in total. The topological polar surface area (TPSA) is 127 Å². The molecule has 0 bridgehead atoms. The number of benzene rings is 2. The molecule has 0 amide bonds. The van der Waals surface area contributed by atoms with E-state index >= 15 is 0 Å². The maximum absolute atomic E-state index is 11.8. The molecule has 1 unspecified atom stereocenters. The Morgan fingerprint density at radius 2 is 2.00 bits per heavy atom. The monoisotopic (exact) mass is 456 g/mol. The van der Waals surface area contributed by atoms with Gasteiger partial charge in [0.25, 0.3) is 11.7 Å². The van der Waals surface area contributed by atoms with Crippen molar-refractivity contribution in [1.29, 1.82) is 5.26 Å². The molecule has 0 spiro atoms. The highest BCUT2D eigenvalue weighted by atomic mass is 35.5. The molecule has 1 N–H and O–H groups in total. The Hall–Kier alpha value is -3.42. The third kappa shape index (κ3) is 3.62. The second kappa shape index (κ2) is 7.68. The smallest absolute Gasteiger partial charge is 0.273 e. The molecule has 2 heterocycles. The number of sulfonamides is 1. The number of nitrogens with one attached hydrogen (secondary N) is 1. The average molecular weight is 457 g/mol. The second-order valence-electron chi connectivity index (χ2n) is 6.92. The summed E-state index contributed by atoms with van der Waals surface area (Å²) in [5, 5.41) is 18.7. The lowest BCUT2D eigenvalue weighted by atomic mass is 9.86. The Balaban J connectivity index is 2.03. The van der Waals surface area contributed by atoms with Crippen LogP contribution in [-0.4, -0.2) is 34.6 Å². The van der Waals surface area contributed by atoms with Crippen LogP contribution < -0.4 is 4.72 Å². The lowest BCUT2D eigenvalue weighted by Crippen LogP contribution is -2.37. The summed E-state index contributed by atoms with van der Waals surface area (Å²) in [5.41, 5.74) is 0.745. The number of rotatable bonds is 6. The first-order chi connectivity index (χ1) is 14.8. The van der Waals surface area contributed by atoms with Crippen LogP contribution in [-0.2, 0) is 15.6 Å². The van der Waals surface area contributed by atoms with Crippen molar-refractivity contribution in [3.63, 3.8) is 0 Å². The van der Waals surface area contributed by atoms with Gasteiger partial charge in [-0.2, -0.15) is 15.3 Å². The summed E-state index contributed by atoms with van der Waals surface area (Å²) in [7, 11) is -3.49. The van der Waals surface area contributed by atoms with Gasteiger partial charge in [0.05, 0.1) is 23.7 Å². The van der Waals surface area contributed by atoms with Gasteiger partial charge in [0, 0.05) is 10.4 Å². The van der Waals surface area contributed by atoms with E-state index in [1.165, 1.54) is 0 Å². The molecule has 0 aliphatic heterocycles.